The molecular formula is C54H37N. The van der Waals surface area contributed by atoms with Gasteiger partial charge in [0.1, 0.15) is 0 Å². The zero-order chi connectivity index (χ0) is 36.6. The molecule has 1 nitrogen and oxygen atoms in total. The van der Waals surface area contributed by atoms with Gasteiger partial charge < -0.3 is 4.90 Å². The van der Waals surface area contributed by atoms with E-state index in [2.05, 4.69) is 229 Å². The first kappa shape index (κ1) is 32.4. The van der Waals surface area contributed by atoms with Crippen LogP contribution < -0.4 is 4.90 Å². The van der Waals surface area contributed by atoms with Crippen LogP contribution in [0.2, 0.25) is 0 Å². The monoisotopic (exact) mass is 699 g/mol. The lowest BCUT2D eigenvalue weighted by Gasteiger charge is -2.27. The van der Waals surface area contributed by atoms with Crippen molar-refractivity contribution < 1.29 is 0 Å². The van der Waals surface area contributed by atoms with Crippen LogP contribution in [0.5, 0.6) is 0 Å². The predicted octanol–water partition coefficient (Wildman–Crippen LogP) is 15.3. The van der Waals surface area contributed by atoms with Crippen LogP contribution in [-0.4, -0.2) is 0 Å². The van der Waals surface area contributed by atoms with E-state index in [1.165, 1.54) is 76.8 Å². The lowest BCUT2D eigenvalue weighted by Crippen LogP contribution is -2.10. The summed E-state index contributed by atoms with van der Waals surface area (Å²) in [7, 11) is 0. The van der Waals surface area contributed by atoms with Crippen LogP contribution in [0.25, 0.3) is 76.8 Å². The molecule has 0 saturated carbocycles. The van der Waals surface area contributed by atoms with Crippen molar-refractivity contribution in [3.05, 3.63) is 224 Å². The Hall–Kier alpha value is -7.22. The number of nitrogens with zero attached hydrogens (tertiary/aromatic N) is 1. The molecular weight excluding hydrogens is 663 g/mol. The average molecular weight is 700 g/mol. The second-order valence-electron chi connectivity index (χ2n) is 14.1. The van der Waals surface area contributed by atoms with Gasteiger partial charge in [-0.15, -0.1) is 0 Å². The summed E-state index contributed by atoms with van der Waals surface area (Å²) in [5.41, 5.74) is 12.9. The molecule has 0 N–H and O–H groups in total. The minimum atomic E-state index is 1.09. The fourth-order valence-electron chi connectivity index (χ4n) is 8.13. The number of hydrogen-bond acceptors (Lipinski definition) is 1. The Kier molecular flexibility index (Phi) is 8.24. The summed E-state index contributed by atoms with van der Waals surface area (Å²) < 4.78 is 0. The highest BCUT2D eigenvalue weighted by Crippen LogP contribution is 2.42. The Balaban J connectivity index is 1.14. The zero-order valence-corrected chi connectivity index (χ0v) is 30.3. The van der Waals surface area contributed by atoms with Gasteiger partial charge in [-0.05, 0) is 125 Å². The molecule has 0 unspecified atom stereocenters. The standard InChI is InChI=1S/C54H37N/c1-3-14-38(15-4-1)44-34-45(39-16-5-2-6-17-39)36-48(35-44)55(46-30-26-41(27-31-46)50-25-13-20-40-18-7-9-21-49(40)50)47-32-28-42(29-33-47)54-37-43-19-8-10-22-51(43)52-23-11-12-24-53(52)54/h1-37H. The van der Waals surface area contributed by atoms with Gasteiger partial charge in [-0.25, -0.2) is 0 Å². The number of fused-ring (bicyclic) bond motifs is 4. The van der Waals surface area contributed by atoms with Crippen molar-refractivity contribution in [1.82, 2.24) is 0 Å². The molecule has 0 aliphatic heterocycles. The molecule has 0 spiro atoms. The lowest BCUT2D eigenvalue weighted by atomic mass is 9.93. The quantitative estimate of drug-likeness (QED) is 0.150. The lowest BCUT2D eigenvalue weighted by molar-refractivity contribution is 1.28. The number of rotatable bonds is 7. The topological polar surface area (TPSA) is 3.24 Å². The molecule has 258 valence electrons. The Morgan fingerprint density at radius 3 is 1.31 bits per heavy atom. The maximum Gasteiger partial charge on any atom is 0.0473 e. The second kappa shape index (κ2) is 14.0. The first-order valence-corrected chi connectivity index (χ1v) is 18.9. The minimum Gasteiger partial charge on any atom is -0.310 e. The molecule has 0 aliphatic carbocycles. The Morgan fingerprint density at radius 1 is 0.218 bits per heavy atom. The van der Waals surface area contributed by atoms with Gasteiger partial charge in [0.25, 0.3) is 0 Å². The summed E-state index contributed by atoms with van der Waals surface area (Å²) in [6.45, 7) is 0. The molecule has 0 aliphatic rings. The summed E-state index contributed by atoms with van der Waals surface area (Å²) in [5.74, 6) is 0. The molecule has 0 aromatic heterocycles. The van der Waals surface area contributed by atoms with Crippen molar-refractivity contribution in [3.63, 3.8) is 0 Å². The van der Waals surface area contributed by atoms with E-state index in [4.69, 9.17) is 0 Å². The highest BCUT2D eigenvalue weighted by Gasteiger charge is 2.17. The summed E-state index contributed by atoms with van der Waals surface area (Å²) in [5, 5.41) is 7.57. The highest BCUT2D eigenvalue weighted by molar-refractivity contribution is 6.13. The molecule has 1 heteroatoms. The predicted molar refractivity (Wildman–Crippen MR) is 235 cm³/mol. The Morgan fingerprint density at radius 2 is 0.691 bits per heavy atom. The summed E-state index contributed by atoms with van der Waals surface area (Å²) in [6, 6.07) is 81.5. The fourth-order valence-corrected chi connectivity index (χ4v) is 8.13. The summed E-state index contributed by atoms with van der Waals surface area (Å²) in [6.07, 6.45) is 0. The molecule has 0 bridgehead atoms. The molecule has 0 heterocycles. The van der Waals surface area contributed by atoms with Gasteiger partial charge in [-0.1, -0.05) is 176 Å². The van der Waals surface area contributed by atoms with Crippen molar-refractivity contribution >= 4 is 49.4 Å². The van der Waals surface area contributed by atoms with Crippen molar-refractivity contribution in [2.45, 2.75) is 0 Å². The molecule has 10 rings (SSSR count). The van der Waals surface area contributed by atoms with Crippen molar-refractivity contribution in [2.75, 3.05) is 4.90 Å². The van der Waals surface area contributed by atoms with Crippen LogP contribution in [0.3, 0.4) is 0 Å². The van der Waals surface area contributed by atoms with E-state index in [1.54, 1.807) is 0 Å². The largest absolute Gasteiger partial charge is 0.310 e. The van der Waals surface area contributed by atoms with Crippen molar-refractivity contribution in [3.8, 4) is 44.5 Å². The van der Waals surface area contributed by atoms with E-state index >= 15 is 0 Å². The molecule has 10 aromatic carbocycles. The molecule has 0 atom stereocenters. The van der Waals surface area contributed by atoms with Gasteiger partial charge in [-0.3, -0.25) is 0 Å². The van der Waals surface area contributed by atoms with Gasteiger partial charge in [0, 0.05) is 17.1 Å². The minimum absolute atomic E-state index is 1.09. The first-order chi connectivity index (χ1) is 27.3. The maximum absolute atomic E-state index is 2.40. The van der Waals surface area contributed by atoms with E-state index < -0.39 is 0 Å². The van der Waals surface area contributed by atoms with Crippen LogP contribution in [0.1, 0.15) is 0 Å². The number of anilines is 3. The van der Waals surface area contributed by atoms with E-state index in [-0.39, 0.29) is 0 Å². The third kappa shape index (κ3) is 6.12. The Labute approximate surface area is 322 Å². The summed E-state index contributed by atoms with van der Waals surface area (Å²) >= 11 is 0. The summed E-state index contributed by atoms with van der Waals surface area (Å²) in [4.78, 5) is 2.40. The van der Waals surface area contributed by atoms with E-state index in [1.807, 2.05) is 0 Å². The SMILES string of the molecule is c1ccc(-c2cc(-c3ccccc3)cc(N(c3ccc(-c4cccc5ccccc45)cc3)c3ccc(-c4cc5ccccc5c5ccccc45)cc3)c2)cc1. The van der Waals surface area contributed by atoms with Gasteiger partial charge in [-0.2, -0.15) is 0 Å². The normalized spacial score (nSPS) is 11.3. The molecule has 0 radical (unpaired) electrons. The van der Waals surface area contributed by atoms with Crippen LogP contribution >= 0.6 is 0 Å². The van der Waals surface area contributed by atoms with Crippen LogP contribution in [0.4, 0.5) is 17.1 Å². The number of benzene rings is 10. The molecule has 55 heavy (non-hydrogen) atoms. The van der Waals surface area contributed by atoms with E-state index in [0.29, 0.717) is 0 Å². The average Bonchev–Trinajstić information content (AvgIpc) is 3.27. The van der Waals surface area contributed by atoms with E-state index in [0.717, 1.165) is 17.1 Å². The molecule has 0 saturated heterocycles. The highest BCUT2D eigenvalue weighted by atomic mass is 15.1. The Bertz CT molecular complexity index is 2880. The van der Waals surface area contributed by atoms with Gasteiger partial charge in [0.2, 0.25) is 0 Å². The van der Waals surface area contributed by atoms with Gasteiger partial charge in [0.15, 0.2) is 0 Å². The van der Waals surface area contributed by atoms with E-state index in [9.17, 15) is 0 Å². The second-order valence-corrected chi connectivity index (χ2v) is 14.1. The number of hydrogen-bond donors (Lipinski definition) is 0. The third-order valence-electron chi connectivity index (χ3n) is 10.8. The smallest absolute Gasteiger partial charge is 0.0473 e. The first-order valence-electron chi connectivity index (χ1n) is 18.9. The van der Waals surface area contributed by atoms with Crippen LogP contribution in [-0.2, 0) is 0 Å². The van der Waals surface area contributed by atoms with Crippen LogP contribution in [0, 0.1) is 0 Å². The van der Waals surface area contributed by atoms with Gasteiger partial charge >= 0.3 is 0 Å². The van der Waals surface area contributed by atoms with Crippen molar-refractivity contribution in [2.24, 2.45) is 0 Å². The molecule has 0 fully saturated rings. The maximum atomic E-state index is 2.40. The fraction of sp³-hybridized carbons (Fsp3) is 0. The third-order valence-corrected chi connectivity index (χ3v) is 10.8. The van der Waals surface area contributed by atoms with Crippen molar-refractivity contribution in [1.29, 1.82) is 0 Å². The molecule has 10 aromatic rings. The molecule has 0 amide bonds. The zero-order valence-electron chi connectivity index (χ0n) is 30.3. The van der Waals surface area contributed by atoms with Crippen LogP contribution in [0.15, 0.2) is 224 Å². The van der Waals surface area contributed by atoms with Gasteiger partial charge in [0.05, 0.1) is 0 Å².